The molecule has 1 fully saturated rings. The number of anilines is 2. The Kier molecular flexibility index (Phi) is 34.1. The van der Waals surface area contributed by atoms with Crippen LogP contribution in [0.1, 0.15) is 245 Å². The van der Waals surface area contributed by atoms with Crippen LogP contribution in [-0.4, -0.2) is 74.3 Å². The Balaban J connectivity index is 1.70. The van der Waals surface area contributed by atoms with E-state index in [9.17, 15) is 24.0 Å². The maximum Gasteiger partial charge on any atom is 0.348 e. The van der Waals surface area contributed by atoms with Gasteiger partial charge in [0.25, 0.3) is 10.9 Å². The zero-order chi connectivity index (χ0) is 46.5. The summed E-state index contributed by atoms with van der Waals surface area (Å²) in [6.45, 7) is 10.0. The molecule has 11 heteroatoms. The number of rotatable bonds is 45. The van der Waals surface area contributed by atoms with E-state index in [0.717, 1.165) is 122 Å². The number of nitrogens with zero attached hydrogens (tertiary/aromatic N) is 1. The van der Waals surface area contributed by atoms with Gasteiger partial charge >= 0.3 is 17.9 Å². The molecule has 0 spiro atoms. The van der Waals surface area contributed by atoms with Gasteiger partial charge in [-0.15, -0.1) is 0 Å². The summed E-state index contributed by atoms with van der Waals surface area (Å²) in [4.78, 5) is 64.5. The lowest BCUT2D eigenvalue weighted by Crippen LogP contribution is -2.44. The molecule has 64 heavy (non-hydrogen) atoms. The number of esters is 3. The van der Waals surface area contributed by atoms with Crippen LogP contribution in [0.5, 0.6) is 0 Å². The van der Waals surface area contributed by atoms with Crippen LogP contribution in [0.3, 0.4) is 0 Å². The molecule has 2 unspecified atom stereocenters. The second kappa shape index (κ2) is 38.2. The molecule has 0 aliphatic carbocycles. The van der Waals surface area contributed by atoms with E-state index in [1.807, 2.05) is 0 Å². The number of hydrogen-bond acceptors (Lipinski definition) is 11. The lowest BCUT2D eigenvalue weighted by molar-refractivity contribution is -0.196. The maximum atomic E-state index is 12.9. The fraction of sp³-hybridized carbons (Fsp3) is 0.868. The summed E-state index contributed by atoms with van der Waals surface area (Å²) >= 11 is 0. The molecule has 0 aromatic heterocycles. The number of hydrogen-bond donors (Lipinski definition) is 2. The standard InChI is InChI=1S/C53H95N3O8/c1-5-8-11-14-17-18-19-23-29-37-45-52(60)64-46(53(61)63-45)38-30-26-33-42-56(43-34-40-55-49-48(54-4)50(58)51(49)59)41-32-25-20-24-31-39-47(57)62-44(35-27-21-15-12-9-6-2)36-28-22-16-13-10-7-3/h44-46,54-55H,5-43H2,1-4H3. The fourth-order valence-electron chi connectivity index (χ4n) is 8.96. The fourth-order valence-corrected chi connectivity index (χ4v) is 8.96. The number of ether oxygens (including phenoxy) is 3. The first kappa shape index (κ1) is 57.2. The normalized spacial score (nSPS) is 15.3. The lowest BCUT2D eigenvalue weighted by Gasteiger charge is -2.27. The number of cyclic esters (lactones) is 2. The van der Waals surface area contributed by atoms with Crippen molar-refractivity contribution in [3.05, 3.63) is 20.4 Å². The average molecular weight is 902 g/mol. The molecule has 0 bridgehead atoms. The second-order valence-electron chi connectivity index (χ2n) is 18.8. The maximum absolute atomic E-state index is 12.9. The van der Waals surface area contributed by atoms with Gasteiger partial charge in [0.05, 0.1) is 0 Å². The van der Waals surface area contributed by atoms with Gasteiger partial charge < -0.3 is 29.7 Å². The van der Waals surface area contributed by atoms with Crippen molar-refractivity contribution in [1.29, 1.82) is 0 Å². The molecule has 2 atom stereocenters. The predicted molar refractivity (Wildman–Crippen MR) is 264 cm³/mol. The SMILES string of the molecule is CCCCCCCCCCCC1OC(=O)C(CCCCCN(CCCCCCCC(=O)OC(CCCCCCCC)CCCCCCCC)CCCNc2c(NC)c(=O)c2=O)OC1=O. The largest absolute Gasteiger partial charge is 0.462 e. The zero-order valence-electron chi connectivity index (χ0n) is 41.5. The van der Waals surface area contributed by atoms with E-state index in [-0.39, 0.29) is 12.1 Å². The zero-order valence-corrected chi connectivity index (χ0v) is 41.5. The minimum atomic E-state index is -0.814. The van der Waals surface area contributed by atoms with Crippen LogP contribution in [0, 0.1) is 0 Å². The number of carbonyl (C=O) groups excluding carboxylic acids is 3. The summed E-state index contributed by atoms with van der Waals surface area (Å²) in [7, 11) is 1.65. The molecular formula is C53H95N3O8. The van der Waals surface area contributed by atoms with Crippen LogP contribution < -0.4 is 21.5 Å². The third kappa shape index (κ3) is 26.3. The number of nitrogens with one attached hydrogen (secondary N) is 2. The van der Waals surface area contributed by atoms with Crippen LogP contribution in [-0.2, 0) is 28.6 Å². The van der Waals surface area contributed by atoms with Gasteiger partial charge in [0.15, 0.2) is 12.2 Å². The van der Waals surface area contributed by atoms with Gasteiger partial charge in [0.1, 0.15) is 17.5 Å². The highest BCUT2D eigenvalue weighted by Gasteiger charge is 2.37. The van der Waals surface area contributed by atoms with Gasteiger partial charge in [-0.1, -0.05) is 162 Å². The van der Waals surface area contributed by atoms with E-state index >= 15 is 0 Å². The molecule has 370 valence electrons. The molecule has 0 amide bonds. The summed E-state index contributed by atoms with van der Waals surface area (Å²) in [6, 6.07) is 0. The van der Waals surface area contributed by atoms with Crippen molar-refractivity contribution in [2.75, 3.05) is 43.9 Å². The first-order chi connectivity index (χ1) is 31.2. The summed E-state index contributed by atoms with van der Waals surface area (Å²) in [5.74, 6) is -0.842. The van der Waals surface area contributed by atoms with Crippen molar-refractivity contribution in [2.24, 2.45) is 0 Å². The molecule has 2 N–H and O–H groups in total. The van der Waals surface area contributed by atoms with E-state index in [4.69, 9.17) is 14.2 Å². The van der Waals surface area contributed by atoms with E-state index in [0.29, 0.717) is 37.2 Å². The molecule has 0 radical (unpaired) electrons. The first-order valence-corrected chi connectivity index (χ1v) is 26.8. The summed E-state index contributed by atoms with van der Waals surface area (Å²) in [5.41, 5.74) is -0.189. The van der Waals surface area contributed by atoms with Gasteiger partial charge in [-0.2, -0.15) is 0 Å². The Morgan fingerprint density at radius 2 is 0.906 bits per heavy atom. The van der Waals surface area contributed by atoms with Crippen molar-refractivity contribution in [1.82, 2.24) is 4.90 Å². The molecular weight excluding hydrogens is 807 g/mol. The van der Waals surface area contributed by atoms with Crippen LogP contribution in [0.15, 0.2) is 9.59 Å². The minimum absolute atomic E-state index is 0.0283. The van der Waals surface area contributed by atoms with Crippen molar-refractivity contribution >= 4 is 29.3 Å². The topological polar surface area (TPSA) is 140 Å². The van der Waals surface area contributed by atoms with Crippen LogP contribution >= 0.6 is 0 Å². The second-order valence-corrected chi connectivity index (χ2v) is 18.8. The molecule has 0 saturated carbocycles. The van der Waals surface area contributed by atoms with Crippen LogP contribution in [0.4, 0.5) is 11.4 Å². The van der Waals surface area contributed by atoms with Crippen LogP contribution in [0.25, 0.3) is 0 Å². The van der Waals surface area contributed by atoms with Gasteiger partial charge in [-0.05, 0) is 96.7 Å². The first-order valence-electron chi connectivity index (χ1n) is 26.8. The monoisotopic (exact) mass is 902 g/mol. The summed E-state index contributed by atoms with van der Waals surface area (Å²) in [5, 5.41) is 5.97. The van der Waals surface area contributed by atoms with E-state index < -0.39 is 35.0 Å². The van der Waals surface area contributed by atoms with Gasteiger partial charge in [-0.25, -0.2) is 9.59 Å². The average Bonchev–Trinajstić information content (AvgIpc) is 3.29. The van der Waals surface area contributed by atoms with Gasteiger partial charge in [0, 0.05) is 20.0 Å². The Bertz CT molecular complexity index is 1390. The van der Waals surface area contributed by atoms with Crippen molar-refractivity contribution in [2.45, 2.75) is 264 Å². The third-order valence-corrected chi connectivity index (χ3v) is 13.1. The highest BCUT2D eigenvalue weighted by molar-refractivity contribution is 5.87. The highest BCUT2D eigenvalue weighted by Crippen LogP contribution is 2.22. The Morgan fingerprint density at radius 3 is 1.39 bits per heavy atom. The molecule has 1 aliphatic rings. The smallest absolute Gasteiger partial charge is 0.348 e. The molecule has 11 nitrogen and oxygen atoms in total. The third-order valence-electron chi connectivity index (χ3n) is 13.1. The predicted octanol–water partition coefficient (Wildman–Crippen LogP) is 12.5. The molecule has 1 saturated heterocycles. The van der Waals surface area contributed by atoms with Crippen molar-refractivity contribution in [3.63, 3.8) is 0 Å². The number of unbranched alkanes of at least 4 members (excludes halogenated alkanes) is 24. The molecule has 2 rings (SSSR count). The Labute approximate surface area is 389 Å². The molecule has 1 aliphatic heterocycles. The summed E-state index contributed by atoms with van der Waals surface area (Å²) < 4.78 is 17.2. The van der Waals surface area contributed by atoms with Crippen LogP contribution in [0.2, 0.25) is 0 Å². The quantitative estimate of drug-likeness (QED) is 0.0280. The molecule has 1 aromatic carbocycles. The highest BCUT2D eigenvalue weighted by atomic mass is 16.6. The van der Waals surface area contributed by atoms with E-state index in [1.54, 1.807) is 7.05 Å². The number of carbonyl (C=O) groups is 3. The van der Waals surface area contributed by atoms with Gasteiger partial charge in [-0.3, -0.25) is 14.4 Å². The van der Waals surface area contributed by atoms with Crippen molar-refractivity contribution < 1.29 is 28.6 Å². The molecule has 1 heterocycles. The Hall–Kier alpha value is -2.95. The minimum Gasteiger partial charge on any atom is -0.462 e. The van der Waals surface area contributed by atoms with Crippen molar-refractivity contribution in [3.8, 4) is 0 Å². The lowest BCUT2D eigenvalue weighted by atomic mass is 10.0. The molecule has 1 aromatic rings. The van der Waals surface area contributed by atoms with E-state index in [2.05, 4.69) is 36.3 Å². The van der Waals surface area contributed by atoms with E-state index in [1.165, 1.54) is 103 Å². The summed E-state index contributed by atoms with van der Waals surface area (Å²) in [6.07, 6.45) is 36.3. The van der Waals surface area contributed by atoms with Gasteiger partial charge in [0.2, 0.25) is 0 Å². The Morgan fingerprint density at radius 1 is 0.516 bits per heavy atom.